The summed E-state index contributed by atoms with van der Waals surface area (Å²) in [6.07, 6.45) is 1.66. The van der Waals surface area contributed by atoms with Gasteiger partial charge < -0.3 is 15.3 Å². The van der Waals surface area contributed by atoms with Gasteiger partial charge in [0.1, 0.15) is 0 Å². The van der Waals surface area contributed by atoms with Crippen molar-refractivity contribution in [1.82, 2.24) is 15.2 Å². The Morgan fingerprint density at radius 1 is 1.42 bits per heavy atom. The fourth-order valence-electron chi connectivity index (χ4n) is 1.53. The third-order valence-corrected chi connectivity index (χ3v) is 2.68. The maximum absolute atomic E-state index is 11.8. The molecule has 0 aliphatic carbocycles. The summed E-state index contributed by atoms with van der Waals surface area (Å²) in [4.78, 5) is 27.9. The van der Waals surface area contributed by atoms with Crippen LogP contribution in [0.4, 0.5) is 4.79 Å². The SMILES string of the molecule is CCN(CCC(=O)O)C(=O)NCc1ccc(C)nc1. The average molecular weight is 265 g/mol. The summed E-state index contributed by atoms with van der Waals surface area (Å²) in [7, 11) is 0. The molecular weight excluding hydrogens is 246 g/mol. The Hall–Kier alpha value is -2.11. The molecule has 0 unspecified atom stereocenters. The van der Waals surface area contributed by atoms with Gasteiger partial charge in [-0.25, -0.2) is 4.79 Å². The fraction of sp³-hybridized carbons (Fsp3) is 0.462. The van der Waals surface area contributed by atoms with E-state index in [1.165, 1.54) is 4.90 Å². The van der Waals surface area contributed by atoms with E-state index in [0.29, 0.717) is 13.1 Å². The number of nitrogens with one attached hydrogen (secondary N) is 1. The van der Waals surface area contributed by atoms with E-state index in [2.05, 4.69) is 10.3 Å². The highest BCUT2D eigenvalue weighted by molar-refractivity contribution is 5.75. The van der Waals surface area contributed by atoms with Gasteiger partial charge in [0, 0.05) is 31.5 Å². The minimum atomic E-state index is -0.908. The molecule has 0 bridgehead atoms. The van der Waals surface area contributed by atoms with Crippen LogP contribution in [0.5, 0.6) is 0 Å². The van der Waals surface area contributed by atoms with Crippen LogP contribution in [-0.4, -0.2) is 40.1 Å². The van der Waals surface area contributed by atoms with Crippen molar-refractivity contribution in [3.05, 3.63) is 29.6 Å². The predicted molar refractivity (Wildman–Crippen MR) is 70.7 cm³/mol. The summed E-state index contributed by atoms with van der Waals surface area (Å²) in [5.74, 6) is -0.908. The molecule has 2 amide bonds. The predicted octanol–water partition coefficient (Wildman–Crippen LogP) is 1.40. The van der Waals surface area contributed by atoms with Crippen LogP contribution in [0.3, 0.4) is 0 Å². The maximum Gasteiger partial charge on any atom is 0.317 e. The van der Waals surface area contributed by atoms with Crippen molar-refractivity contribution in [3.8, 4) is 0 Å². The lowest BCUT2D eigenvalue weighted by Gasteiger charge is -2.20. The number of carboxylic acids is 1. The number of nitrogens with zero attached hydrogens (tertiary/aromatic N) is 2. The monoisotopic (exact) mass is 265 g/mol. The molecule has 0 radical (unpaired) electrons. The van der Waals surface area contributed by atoms with Crippen molar-refractivity contribution in [2.75, 3.05) is 13.1 Å². The van der Waals surface area contributed by atoms with Crippen LogP contribution < -0.4 is 5.32 Å². The zero-order valence-corrected chi connectivity index (χ0v) is 11.2. The number of amides is 2. The highest BCUT2D eigenvalue weighted by atomic mass is 16.4. The standard InChI is InChI=1S/C13H19N3O3/c1-3-16(7-6-12(17)18)13(19)15-9-11-5-4-10(2)14-8-11/h4-5,8H,3,6-7,9H2,1-2H3,(H,15,19)(H,17,18). The first-order valence-electron chi connectivity index (χ1n) is 6.19. The zero-order valence-electron chi connectivity index (χ0n) is 11.2. The third-order valence-electron chi connectivity index (χ3n) is 2.68. The van der Waals surface area contributed by atoms with Gasteiger partial charge in [-0.2, -0.15) is 0 Å². The van der Waals surface area contributed by atoms with Crippen LogP contribution in [0, 0.1) is 6.92 Å². The highest BCUT2D eigenvalue weighted by Gasteiger charge is 2.12. The Labute approximate surface area is 112 Å². The molecule has 0 fully saturated rings. The second kappa shape index (κ2) is 7.35. The quantitative estimate of drug-likeness (QED) is 0.814. The molecule has 0 aliphatic rings. The number of aliphatic carboxylic acids is 1. The molecule has 1 aromatic rings. The van der Waals surface area contributed by atoms with E-state index in [4.69, 9.17) is 5.11 Å². The number of aryl methyl sites for hydroxylation is 1. The van der Waals surface area contributed by atoms with E-state index in [0.717, 1.165) is 11.3 Å². The number of carboxylic acid groups (broad SMARTS) is 1. The first-order valence-corrected chi connectivity index (χ1v) is 6.19. The summed E-state index contributed by atoms with van der Waals surface area (Å²) in [6, 6.07) is 3.52. The molecule has 0 spiro atoms. The Morgan fingerprint density at radius 3 is 2.68 bits per heavy atom. The topological polar surface area (TPSA) is 82.5 Å². The Kier molecular flexibility index (Phi) is 5.78. The van der Waals surface area contributed by atoms with E-state index in [-0.39, 0.29) is 19.0 Å². The average Bonchev–Trinajstić information content (AvgIpc) is 2.38. The molecule has 19 heavy (non-hydrogen) atoms. The van der Waals surface area contributed by atoms with Gasteiger partial charge in [-0.3, -0.25) is 9.78 Å². The summed E-state index contributed by atoms with van der Waals surface area (Å²) in [5.41, 5.74) is 1.83. The second-order valence-corrected chi connectivity index (χ2v) is 4.19. The number of carbonyl (C=O) groups excluding carboxylic acids is 1. The summed E-state index contributed by atoms with van der Waals surface area (Å²) in [6.45, 7) is 4.78. The van der Waals surface area contributed by atoms with Crippen molar-refractivity contribution >= 4 is 12.0 Å². The first kappa shape index (κ1) is 14.9. The van der Waals surface area contributed by atoms with Crippen molar-refractivity contribution < 1.29 is 14.7 Å². The van der Waals surface area contributed by atoms with Crippen LogP contribution >= 0.6 is 0 Å². The molecular formula is C13H19N3O3. The molecule has 0 atom stereocenters. The maximum atomic E-state index is 11.8. The van der Waals surface area contributed by atoms with Crippen LogP contribution in [0.2, 0.25) is 0 Å². The summed E-state index contributed by atoms with van der Waals surface area (Å²) < 4.78 is 0. The molecule has 6 heteroatoms. The minimum absolute atomic E-state index is 0.0483. The molecule has 0 saturated carbocycles. The lowest BCUT2D eigenvalue weighted by atomic mass is 10.2. The van der Waals surface area contributed by atoms with E-state index in [9.17, 15) is 9.59 Å². The fourth-order valence-corrected chi connectivity index (χ4v) is 1.53. The Bertz CT molecular complexity index is 431. The minimum Gasteiger partial charge on any atom is -0.481 e. The lowest BCUT2D eigenvalue weighted by molar-refractivity contribution is -0.137. The van der Waals surface area contributed by atoms with Gasteiger partial charge in [0.05, 0.1) is 6.42 Å². The van der Waals surface area contributed by atoms with Gasteiger partial charge in [-0.05, 0) is 25.5 Å². The smallest absolute Gasteiger partial charge is 0.317 e. The number of urea groups is 1. The van der Waals surface area contributed by atoms with Crippen LogP contribution in [-0.2, 0) is 11.3 Å². The zero-order chi connectivity index (χ0) is 14.3. The number of carbonyl (C=O) groups is 2. The lowest BCUT2D eigenvalue weighted by Crippen LogP contribution is -2.40. The van der Waals surface area contributed by atoms with Crippen molar-refractivity contribution in [2.45, 2.75) is 26.8 Å². The number of aromatic nitrogens is 1. The molecule has 1 heterocycles. The molecule has 0 aliphatic heterocycles. The van der Waals surface area contributed by atoms with E-state index in [1.54, 1.807) is 6.20 Å². The Balaban J connectivity index is 2.44. The third kappa shape index (κ3) is 5.37. The number of rotatable bonds is 6. The molecule has 0 saturated heterocycles. The molecule has 0 aromatic carbocycles. The summed E-state index contributed by atoms with van der Waals surface area (Å²) >= 11 is 0. The normalized spacial score (nSPS) is 10.0. The van der Waals surface area contributed by atoms with Gasteiger partial charge in [0.25, 0.3) is 0 Å². The summed E-state index contributed by atoms with van der Waals surface area (Å²) in [5, 5.41) is 11.4. The number of hydrogen-bond donors (Lipinski definition) is 2. The van der Waals surface area contributed by atoms with Crippen LogP contribution in [0.15, 0.2) is 18.3 Å². The van der Waals surface area contributed by atoms with Crippen molar-refractivity contribution in [1.29, 1.82) is 0 Å². The number of pyridine rings is 1. The molecule has 2 N–H and O–H groups in total. The van der Waals surface area contributed by atoms with Crippen molar-refractivity contribution in [3.63, 3.8) is 0 Å². The van der Waals surface area contributed by atoms with Crippen LogP contribution in [0.25, 0.3) is 0 Å². The van der Waals surface area contributed by atoms with E-state index in [1.807, 2.05) is 26.0 Å². The van der Waals surface area contributed by atoms with Crippen LogP contribution in [0.1, 0.15) is 24.6 Å². The Morgan fingerprint density at radius 2 is 2.16 bits per heavy atom. The van der Waals surface area contributed by atoms with Crippen molar-refractivity contribution in [2.24, 2.45) is 0 Å². The molecule has 6 nitrogen and oxygen atoms in total. The molecule has 1 aromatic heterocycles. The largest absolute Gasteiger partial charge is 0.481 e. The van der Waals surface area contributed by atoms with Gasteiger partial charge in [0.2, 0.25) is 0 Å². The van der Waals surface area contributed by atoms with Gasteiger partial charge in [-0.1, -0.05) is 6.07 Å². The molecule has 1 rings (SSSR count). The highest BCUT2D eigenvalue weighted by Crippen LogP contribution is 2.00. The van der Waals surface area contributed by atoms with Gasteiger partial charge >= 0.3 is 12.0 Å². The number of hydrogen-bond acceptors (Lipinski definition) is 3. The van der Waals surface area contributed by atoms with E-state index < -0.39 is 5.97 Å². The molecule has 104 valence electrons. The first-order chi connectivity index (χ1) is 9.02. The second-order valence-electron chi connectivity index (χ2n) is 4.19. The van der Waals surface area contributed by atoms with Gasteiger partial charge in [0.15, 0.2) is 0 Å². The van der Waals surface area contributed by atoms with Gasteiger partial charge in [-0.15, -0.1) is 0 Å². The van der Waals surface area contributed by atoms with E-state index >= 15 is 0 Å².